The zero-order valence-corrected chi connectivity index (χ0v) is 12.3. The highest BCUT2D eigenvalue weighted by atomic mass is 32.2. The van der Waals surface area contributed by atoms with Crippen LogP contribution < -0.4 is 5.73 Å². The van der Waals surface area contributed by atoms with E-state index in [1.165, 1.54) is 4.31 Å². The summed E-state index contributed by atoms with van der Waals surface area (Å²) in [5, 5.41) is 0. The third kappa shape index (κ3) is 2.52. The van der Waals surface area contributed by atoms with Crippen LogP contribution in [0.3, 0.4) is 0 Å². The molecule has 0 unspecified atom stereocenters. The summed E-state index contributed by atoms with van der Waals surface area (Å²) in [6.07, 6.45) is 2.33. The highest BCUT2D eigenvalue weighted by Crippen LogP contribution is 2.32. The molecule has 1 aliphatic heterocycles. The second-order valence-electron chi connectivity index (χ2n) is 5.28. The highest BCUT2D eigenvalue weighted by molar-refractivity contribution is 7.89. The number of halogens is 2. The molecule has 0 radical (unpaired) electrons. The summed E-state index contributed by atoms with van der Waals surface area (Å²) in [7, 11) is -4.10. The van der Waals surface area contributed by atoms with E-state index in [0.717, 1.165) is 18.6 Å². The van der Waals surface area contributed by atoms with Gasteiger partial charge in [-0.05, 0) is 38.8 Å². The zero-order chi connectivity index (χ0) is 15.1. The lowest BCUT2D eigenvalue weighted by atomic mass is 10.0. The highest BCUT2D eigenvalue weighted by Gasteiger charge is 2.37. The van der Waals surface area contributed by atoms with Crippen molar-refractivity contribution < 1.29 is 17.2 Å². The number of nitrogen functional groups attached to an aromatic ring is 1. The van der Waals surface area contributed by atoms with Gasteiger partial charge in [-0.3, -0.25) is 0 Å². The molecule has 0 spiro atoms. The van der Waals surface area contributed by atoms with E-state index in [2.05, 4.69) is 0 Å². The van der Waals surface area contributed by atoms with Crippen molar-refractivity contribution in [3.63, 3.8) is 0 Å². The number of nitrogens with two attached hydrogens (primary N) is 1. The van der Waals surface area contributed by atoms with Crippen molar-refractivity contribution in [1.82, 2.24) is 4.31 Å². The van der Waals surface area contributed by atoms with Crippen LogP contribution in [0.5, 0.6) is 0 Å². The van der Waals surface area contributed by atoms with Crippen molar-refractivity contribution in [2.24, 2.45) is 0 Å². The Morgan fingerprint density at radius 3 is 2.30 bits per heavy atom. The maximum absolute atomic E-state index is 13.9. The molecule has 20 heavy (non-hydrogen) atoms. The van der Waals surface area contributed by atoms with Gasteiger partial charge in [-0.15, -0.1) is 0 Å². The van der Waals surface area contributed by atoms with Crippen LogP contribution in [0.4, 0.5) is 14.5 Å². The summed E-state index contributed by atoms with van der Waals surface area (Å²) < 4.78 is 53.7. The van der Waals surface area contributed by atoms with Gasteiger partial charge in [0.05, 0.1) is 0 Å². The Morgan fingerprint density at radius 1 is 1.20 bits per heavy atom. The van der Waals surface area contributed by atoms with E-state index in [1.54, 1.807) is 13.8 Å². The molecule has 0 aliphatic carbocycles. The molecule has 1 fully saturated rings. The van der Waals surface area contributed by atoms with Gasteiger partial charge in [-0.1, -0.05) is 6.42 Å². The fourth-order valence-electron chi connectivity index (χ4n) is 2.76. The molecule has 1 saturated heterocycles. The van der Waals surface area contributed by atoms with Crippen molar-refractivity contribution in [2.45, 2.75) is 50.1 Å². The fraction of sp³-hybridized carbons (Fsp3) is 0.538. The van der Waals surface area contributed by atoms with Crippen LogP contribution in [-0.4, -0.2) is 24.8 Å². The number of anilines is 1. The standard InChI is InChI=1S/C13H18F2N2O2S/c1-8-4-3-5-9(2)17(8)20(18,19)12-7-10(16)6-11(14)13(12)15/h6-9H,3-5,16H2,1-2H3/t8-,9+. The van der Waals surface area contributed by atoms with Gasteiger partial charge in [-0.2, -0.15) is 4.31 Å². The van der Waals surface area contributed by atoms with Crippen LogP contribution >= 0.6 is 0 Å². The molecule has 0 aromatic heterocycles. The average molecular weight is 304 g/mol. The SMILES string of the molecule is C[C@@H]1CCC[C@H](C)N1S(=O)(=O)c1cc(N)cc(F)c1F. The second kappa shape index (κ2) is 5.29. The van der Waals surface area contributed by atoms with E-state index in [9.17, 15) is 17.2 Å². The Labute approximate surface area is 117 Å². The van der Waals surface area contributed by atoms with Crippen molar-refractivity contribution in [3.05, 3.63) is 23.8 Å². The number of rotatable bonds is 2. The second-order valence-corrected chi connectivity index (χ2v) is 7.09. The Morgan fingerprint density at radius 2 is 1.75 bits per heavy atom. The van der Waals surface area contributed by atoms with Crippen molar-refractivity contribution in [3.8, 4) is 0 Å². The molecule has 1 aliphatic rings. The molecule has 2 rings (SSSR count). The first-order valence-corrected chi connectivity index (χ1v) is 7.97. The summed E-state index contributed by atoms with van der Waals surface area (Å²) in [5.41, 5.74) is 5.32. The van der Waals surface area contributed by atoms with Crippen molar-refractivity contribution >= 4 is 15.7 Å². The van der Waals surface area contributed by atoms with Crippen LogP contribution in [0.2, 0.25) is 0 Å². The summed E-state index contributed by atoms with van der Waals surface area (Å²) in [6.45, 7) is 3.54. The van der Waals surface area contributed by atoms with Gasteiger partial charge in [0.15, 0.2) is 11.6 Å². The molecular weight excluding hydrogens is 286 g/mol. The summed E-state index contributed by atoms with van der Waals surface area (Å²) >= 11 is 0. The lowest BCUT2D eigenvalue weighted by Crippen LogP contribution is -2.47. The predicted octanol–water partition coefficient (Wildman–Crippen LogP) is 2.50. The number of piperidine rings is 1. The zero-order valence-electron chi connectivity index (χ0n) is 11.4. The Bertz CT molecular complexity index is 609. The van der Waals surface area contributed by atoms with Gasteiger partial charge in [0.1, 0.15) is 4.90 Å². The molecule has 0 amide bonds. The van der Waals surface area contributed by atoms with Crippen LogP contribution in [0, 0.1) is 11.6 Å². The predicted molar refractivity (Wildman–Crippen MR) is 72.6 cm³/mol. The maximum Gasteiger partial charge on any atom is 0.246 e. The molecule has 2 atom stereocenters. The summed E-state index contributed by atoms with van der Waals surface area (Å²) in [4.78, 5) is -0.685. The van der Waals surface area contributed by atoms with E-state index in [1.807, 2.05) is 0 Å². The van der Waals surface area contributed by atoms with Gasteiger partial charge in [0, 0.05) is 17.8 Å². The van der Waals surface area contributed by atoms with Gasteiger partial charge < -0.3 is 5.73 Å². The van der Waals surface area contributed by atoms with E-state index in [4.69, 9.17) is 5.73 Å². The van der Waals surface area contributed by atoms with Gasteiger partial charge >= 0.3 is 0 Å². The number of benzene rings is 1. The normalized spacial score (nSPS) is 24.8. The topological polar surface area (TPSA) is 63.4 Å². The minimum absolute atomic E-state index is 0.111. The number of hydrogen-bond donors (Lipinski definition) is 1. The largest absolute Gasteiger partial charge is 0.399 e. The lowest BCUT2D eigenvalue weighted by Gasteiger charge is -2.37. The fourth-order valence-corrected chi connectivity index (χ4v) is 4.75. The first-order valence-electron chi connectivity index (χ1n) is 6.53. The van der Waals surface area contributed by atoms with Gasteiger partial charge in [0.25, 0.3) is 0 Å². The van der Waals surface area contributed by atoms with Gasteiger partial charge in [-0.25, -0.2) is 17.2 Å². The molecule has 1 aromatic carbocycles. The van der Waals surface area contributed by atoms with Crippen LogP contribution in [0.15, 0.2) is 17.0 Å². The van der Waals surface area contributed by atoms with Crippen LogP contribution in [0.25, 0.3) is 0 Å². The molecule has 4 nitrogen and oxygen atoms in total. The van der Waals surface area contributed by atoms with Crippen molar-refractivity contribution in [1.29, 1.82) is 0 Å². The summed E-state index contributed by atoms with van der Waals surface area (Å²) in [5.74, 6) is -2.62. The third-order valence-corrected chi connectivity index (χ3v) is 5.81. The Hall–Kier alpha value is -1.21. The quantitative estimate of drug-likeness (QED) is 0.854. The minimum Gasteiger partial charge on any atom is -0.399 e. The minimum atomic E-state index is -4.10. The molecule has 0 saturated carbocycles. The van der Waals surface area contributed by atoms with Crippen LogP contribution in [-0.2, 0) is 10.0 Å². The van der Waals surface area contributed by atoms with E-state index in [0.29, 0.717) is 12.8 Å². The average Bonchev–Trinajstić information content (AvgIpc) is 2.33. The molecule has 2 N–H and O–H groups in total. The number of nitrogens with zero attached hydrogens (tertiary/aromatic N) is 1. The molecule has 1 aromatic rings. The van der Waals surface area contributed by atoms with Gasteiger partial charge in [0.2, 0.25) is 10.0 Å². The van der Waals surface area contributed by atoms with E-state index >= 15 is 0 Å². The van der Waals surface area contributed by atoms with Crippen LogP contribution in [0.1, 0.15) is 33.1 Å². The smallest absolute Gasteiger partial charge is 0.246 e. The number of sulfonamides is 1. The Balaban J connectivity index is 2.55. The lowest BCUT2D eigenvalue weighted by molar-refractivity contribution is 0.203. The van der Waals surface area contributed by atoms with Crippen molar-refractivity contribution in [2.75, 3.05) is 5.73 Å². The monoisotopic (exact) mass is 304 g/mol. The van der Waals surface area contributed by atoms with E-state index < -0.39 is 26.6 Å². The maximum atomic E-state index is 13.9. The first kappa shape index (κ1) is 15.2. The Kier molecular flexibility index (Phi) is 4.02. The van der Waals surface area contributed by atoms with E-state index in [-0.39, 0.29) is 17.8 Å². The molecule has 7 heteroatoms. The number of hydrogen-bond acceptors (Lipinski definition) is 3. The third-order valence-electron chi connectivity index (χ3n) is 3.69. The molecule has 112 valence electrons. The molecular formula is C13H18F2N2O2S. The first-order chi connectivity index (χ1) is 9.25. The molecule has 0 bridgehead atoms. The summed E-state index contributed by atoms with van der Waals surface area (Å²) in [6, 6.07) is 1.26. The molecule has 1 heterocycles.